The maximum Gasteiger partial charge on any atom is 0.327 e. The van der Waals surface area contributed by atoms with E-state index in [0.29, 0.717) is 29.4 Å². The van der Waals surface area contributed by atoms with E-state index in [1.54, 1.807) is 6.92 Å². The highest BCUT2D eigenvalue weighted by atomic mass is 79.9. The fraction of sp³-hybridized carbons (Fsp3) is 0.786. The van der Waals surface area contributed by atoms with Gasteiger partial charge >= 0.3 is 5.97 Å². The van der Waals surface area contributed by atoms with Crippen molar-refractivity contribution in [3.63, 3.8) is 0 Å². The van der Waals surface area contributed by atoms with Gasteiger partial charge in [-0.05, 0) is 37.5 Å². The first-order valence-electron chi connectivity index (χ1n) is 7.12. The normalized spacial score (nSPS) is 31.9. The Labute approximate surface area is 128 Å². The summed E-state index contributed by atoms with van der Waals surface area (Å²) in [5.74, 6) is 2.32. The first-order chi connectivity index (χ1) is 9.38. The molecule has 1 N–H and O–H groups in total. The van der Waals surface area contributed by atoms with Crippen molar-refractivity contribution in [2.45, 2.75) is 51.5 Å². The van der Waals surface area contributed by atoms with Crippen LogP contribution in [0, 0.1) is 24.7 Å². The van der Waals surface area contributed by atoms with Crippen molar-refractivity contribution in [2.75, 3.05) is 0 Å². The Kier molecular flexibility index (Phi) is 4.83. The molecular weight excluding hydrogens is 322 g/mol. The van der Waals surface area contributed by atoms with Crippen molar-refractivity contribution in [1.29, 1.82) is 0 Å². The molecule has 5 nitrogen and oxygen atoms in total. The number of esters is 1. The number of carbonyl (C=O) groups is 1. The molecule has 1 fully saturated rings. The number of nitrogens with one attached hydrogen (secondary N) is 1. The Morgan fingerprint density at radius 2 is 1.95 bits per heavy atom. The maximum absolute atomic E-state index is 12.2. The SMILES string of the molecule is Cc1n[nH]c(C(Br)C(=O)OC2C(C)CC(C)CC2C)n1. The highest BCUT2D eigenvalue weighted by Gasteiger charge is 2.36. The quantitative estimate of drug-likeness (QED) is 0.676. The number of nitrogens with zero attached hydrogens (tertiary/aromatic N) is 2. The number of rotatable bonds is 3. The standard InChI is InChI=1S/C14H22BrN3O2/c1-7-5-8(2)12(9(3)6-7)20-14(19)11(15)13-16-10(4)17-18-13/h7-9,11-12H,5-6H2,1-4H3,(H,16,17,18). The molecule has 3 atom stereocenters. The molecule has 1 aliphatic carbocycles. The van der Waals surface area contributed by atoms with E-state index >= 15 is 0 Å². The molecule has 112 valence electrons. The zero-order valence-corrected chi connectivity index (χ0v) is 14.0. The second kappa shape index (κ2) is 6.24. The van der Waals surface area contributed by atoms with Gasteiger partial charge in [-0.25, -0.2) is 4.98 Å². The number of hydrogen-bond acceptors (Lipinski definition) is 4. The van der Waals surface area contributed by atoms with Crippen LogP contribution in [0.1, 0.15) is 50.1 Å². The van der Waals surface area contributed by atoms with Crippen molar-refractivity contribution in [2.24, 2.45) is 17.8 Å². The second-order valence-electron chi connectivity index (χ2n) is 6.06. The number of hydrogen-bond donors (Lipinski definition) is 1. The molecule has 0 saturated heterocycles. The van der Waals surface area contributed by atoms with Gasteiger partial charge in [0.25, 0.3) is 0 Å². The Morgan fingerprint density at radius 1 is 1.35 bits per heavy atom. The Balaban J connectivity index is 2.00. The van der Waals surface area contributed by atoms with Crippen molar-refractivity contribution >= 4 is 21.9 Å². The lowest BCUT2D eigenvalue weighted by Gasteiger charge is -2.37. The molecule has 6 heteroatoms. The van der Waals surface area contributed by atoms with Gasteiger partial charge in [0.05, 0.1) is 0 Å². The molecule has 0 radical (unpaired) electrons. The molecule has 0 aliphatic heterocycles. The van der Waals surface area contributed by atoms with Gasteiger partial charge in [-0.1, -0.05) is 36.7 Å². The van der Waals surface area contributed by atoms with Crippen LogP contribution in [0.25, 0.3) is 0 Å². The Hall–Kier alpha value is -0.910. The fourth-order valence-corrected chi connectivity index (χ4v) is 3.52. The summed E-state index contributed by atoms with van der Waals surface area (Å²) >= 11 is 3.33. The molecule has 1 aliphatic rings. The van der Waals surface area contributed by atoms with E-state index in [-0.39, 0.29) is 12.1 Å². The van der Waals surface area contributed by atoms with E-state index < -0.39 is 4.83 Å². The molecule has 1 aromatic heterocycles. The number of carbonyl (C=O) groups excluding carboxylic acids is 1. The summed E-state index contributed by atoms with van der Waals surface area (Å²) < 4.78 is 5.72. The van der Waals surface area contributed by atoms with E-state index in [9.17, 15) is 4.79 Å². The lowest BCUT2D eigenvalue weighted by atomic mass is 9.75. The molecule has 1 saturated carbocycles. The van der Waals surface area contributed by atoms with E-state index in [4.69, 9.17) is 4.74 Å². The molecule has 3 unspecified atom stereocenters. The molecule has 0 bridgehead atoms. The zero-order chi connectivity index (χ0) is 14.9. The highest BCUT2D eigenvalue weighted by Crippen LogP contribution is 2.36. The van der Waals surface area contributed by atoms with Crippen LogP contribution >= 0.6 is 15.9 Å². The smallest absolute Gasteiger partial charge is 0.327 e. The highest BCUT2D eigenvalue weighted by molar-refractivity contribution is 9.09. The number of alkyl halides is 1. The van der Waals surface area contributed by atoms with Crippen molar-refractivity contribution < 1.29 is 9.53 Å². The first-order valence-corrected chi connectivity index (χ1v) is 8.03. The van der Waals surface area contributed by atoms with Crippen molar-refractivity contribution in [3.05, 3.63) is 11.6 Å². The van der Waals surface area contributed by atoms with Crippen molar-refractivity contribution in [3.8, 4) is 0 Å². The van der Waals surface area contributed by atoms with Crippen LogP contribution in [0.5, 0.6) is 0 Å². The third-order valence-electron chi connectivity index (χ3n) is 3.98. The fourth-order valence-electron chi connectivity index (χ4n) is 3.21. The van der Waals surface area contributed by atoms with E-state index in [0.717, 1.165) is 12.8 Å². The van der Waals surface area contributed by atoms with E-state index in [1.165, 1.54) is 0 Å². The van der Waals surface area contributed by atoms with Crippen LogP contribution in [0.2, 0.25) is 0 Å². The number of ether oxygens (including phenoxy) is 1. The van der Waals surface area contributed by atoms with Crippen LogP contribution < -0.4 is 0 Å². The van der Waals surface area contributed by atoms with Crippen LogP contribution in [0.4, 0.5) is 0 Å². The van der Waals surface area contributed by atoms with Gasteiger partial charge in [0, 0.05) is 0 Å². The van der Waals surface area contributed by atoms with Gasteiger partial charge in [0.1, 0.15) is 17.8 Å². The third kappa shape index (κ3) is 3.40. The summed E-state index contributed by atoms with van der Waals surface area (Å²) in [4.78, 5) is 15.8. The van der Waals surface area contributed by atoms with Gasteiger partial charge in [-0.15, -0.1) is 0 Å². The summed E-state index contributed by atoms with van der Waals surface area (Å²) in [5.41, 5.74) is 0. The van der Waals surface area contributed by atoms with E-state index in [1.807, 2.05) is 0 Å². The minimum atomic E-state index is -0.581. The number of aromatic nitrogens is 3. The van der Waals surface area contributed by atoms with Crippen LogP contribution in [0.3, 0.4) is 0 Å². The third-order valence-corrected chi connectivity index (χ3v) is 4.79. The predicted octanol–water partition coefficient (Wildman–Crippen LogP) is 3.16. The molecule has 1 aromatic rings. The number of aryl methyl sites for hydroxylation is 1. The van der Waals surface area contributed by atoms with Gasteiger partial charge < -0.3 is 4.74 Å². The molecule has 0 amide bonds. The largest absolute Gasteiger partial charge is 0.461 e. The monoisotopic (exact) mass is 343 g/mol. The lowest BCUT2D eigenvalue weighted by Crippen LogP contribution is -2.38. The molecule has 20 heavy (non-hydrogen) atoms. The van der Waals surface area contributed by atoms with E-state index in [2.05, 4.69) is 51.9 Å². The number of H-pyrrole nitrogens is 1. The summed E-state index contributed by atoms with van der Waals surface area (Å²) in [6, 6.07) is 0. The zero-order valence-electron chi connectivity index (χ0n) is 12.4. The summed E-state index contributed by atoms with van der Waals surface area (Å²) in [5, 5.41) is 6.68. The van der Waals surface area contributed by atoms with Gasteiger partial charge in [-0.2, -0.15) is 5.10 Å². The second-order valence-corrected chi connectivity index (χ2v) is 6.98. The predicted molar refractivity (Wildman–Crippen MR) is 79.4 cm³/mol. The Bertz CT molecular complexity index is 465. The average Bonchev–Trinajstić information content (AvgIpc) is 2.79. The summed E-state index contributed by atoms with van der Waals surface area (Å²) in [7, 11) is 0. The van der Waals surface area contributed by atoms with Crippen LogP contribution in [0.15, 0.2) is 0 Å². The summed E-state index contributed by atoms with van der Waals surface area (Å²) in [6.45, 7) is 8.35. The lowest BCUT2D eigenvalue weighted by molar-refractivity contribution is -0.157. The van der Waals surface area contributed by atoms with Gasteiger partial charge in [0.2, 0.25) is 0 Å². The molecule has 0 aromatic carbocycles. The number of halogens is 1. The molecule has 0 spiro atoms. The van der Waals surface area contributed by atoms with Gasteiger partial charge in [0.15, 0.2) is 4.83 Å². The summed E-state index contributed by atoms with van der Waals surface area (Å²) in [6.07, 6.45) is 2.20. The number of aromatic amines is 1. The maximum atomic E-state index is 12.2. The minimum absolute atomic E-state index is 0.0113. The van der Waals surface area contributed by atoms with Crippen molar-refractivity contribution in [1.82, 2.24) is 15.2 Å². The Morgan fingerprint density at radius 3 is 2.45 bits per heavy atom. The first kappa shape index (κ1) is 15.5. The topological polar surface area (TPSA) is 67.9 Å². The molecule has 1 heterocycles. The molecular formula is C14H22BrN3O2. The average molecular weight is 344 g/mol. The molecule has 2 rings (SSSR count). The van der Waals surface area contributed by atoms with Gasteiger partial charge in [-0.3, -0.25) is 9.89 Å². The van der Waals surface area contributed by atoms with Crippen LogP contribution in [-0.4, -0.2) is 27.3 Å². The van der Waals surface area contributed by atoms with Crippen LogP contribution in [-0.2, 0) is 9.53 Å². The minimum Gasteiger partial charge on any atom is -0.461 e.